The topological polar surface area (TPSA) is 89.2 Å². The lowest BCUT2D eigenvalue weighted by atomic mass is 10.2. The minimum Gasteiger partial charge on any atom is -0.459 e. The molecule has 0 saturated carbocycles. The minimum atomic E-state index is -0.360. The fourth-order valence-corrected chi connectivity index (χ4v) is 3.38. The summed E-state index contributed by atoms with van der Waals surface area (Å²) in [5.41, 5.74) is 1.73. The van der Waals surface area contributed by atoms with Gasteiger partial charge in [0.25, 0.3) is 11.8 Å². The van der Waals surface area contributed by atoms with Gasteiger partial charge in [0, 0.05) is 6.20 Å². The van der Waals surface area contributed by atoms with Crippen LogP contribution in [0.25, 0.3) is 0 Å². The number of carbonyl (C=O) groups excluding carboxylic acids is 2. The van der Waals surface area contributed by atoms with E-state index in [1.165, 1.54) is 17.6 Å². The van der Waals surface area contributed by atoms with Crippen molar-refractivity contribution >= 4 is 33.8 Å². The Bertz CT molecular complexity index is 1080. The van der Waals surface area contributed by atoms with Gasteiger partial charge in [0.15, 0.2) is 5.76 Å². The average Bonchev–Trinajstić information content (AvgIpc) is 3.44. The lowest BCUT2D eigenvalue weighted by molar-refractivity contribution is 0.0995. The number of nitrogens with zero attached hydrogens (tertiary/aromatic N) is 2. The first kappa shape index (κ1) is 17.7. The van der Waals surface area contributed by atoms with Crippen molar-refractivity contribution in [2.24, 2.45) is 0 Å². The Balaban J connectivity index is 1.36. The zero-order chi connectivity index (χ0) is 19.3. The fourth-order valence-electron chi connectivity index (χ4n) is 2.59. The lowest BCUT2D eigenvalue weighted by Gasteiger charge is -2.01. The molecule has 0 radical (unpaired) electrons. The number of thiophene rings is 1. The third kappa shape index (κ3) is 4.18. The molecular formula is C20H16N4O3S. The van der Waals surface area contributed by atoms with Gasteiger partial charge in [-0.05, 0) is 29.8 Å². The molecule has 2 N–H and O–H groups in total. The Kier molecular flexibility index (Phi) is 5.03. The normalized spacial score (nSPS) is 10.6. The number of anilines is 2. The first-order valence-corrected chi connectivity index (χ1v) is 9.31. The second kappa shape index (κ2) is 7.93. The molecule has 0 aliphatic heterocycles. The molecule has 28 heavy (non-hydrogen) atoms. The highest BCUT2D eigenvalue weighted by Gasteiger charge is 2.14. The summed E-state index contributed by atoms with van der Waals surface area (Å²) in [5, 5.41) is 10.4. The third-order valence-corrected chi connectivity index (χ3v) is 4.89. The average molecular weight is 392 g/mol. The molecule has 2 amide bonds. The zero-order valence-corrected chi connectivity index (χ0v) is 15.5. The number of nitrogens with one attached hydrogen (secondary N) is 2. The van der Waals surface area contributed by atoms with Crippen LogP contribution in [0.4, 0.5) is 10.7 Å². The highest BCUT2D eigenvalue weighted by Crippen LogP contribution is 2.23. The lowest BCUT2D eigenvalue weighted by Crippen LogP contribution is -2.10. The number of hydrogen-bond donors (Lipinski definition) is 2. The van der Waals surface area contributed by atoms with Gasteiger partial charge in [-0.25, -0.2) is 0 Å². The van der Waals surface area contributed by atoms with Gasteiger partial charge in [0.2, 0.25) is 0 Å². The van der Waals surface area contributed by atoms with Crippen LogP contribution in [-0.4, -0.2) is 21.6 Å². The summed E-state index contributed by atoms with van der Waals surface area (Å²) >= 11 is 1.18. The van der Waals surface area contributed by atoms with E-state index in [9.17, 15) is 9.59 Å². The van der Waals surface area contributed by atoms with E-state index < -0.39 is 0 Å². The van der Waals surface area contributed by atoms with Crippen molar-refractivity contribution in [3.63, 3.8) is 0 Å². The van der Waals surface area contributed by atoms with Gasteiger partial charge in [-0.3, -0.25) is 14.3 Å². The fraction of sp³-hybridized carbons (Fsp3) is 0.0500. The maximum atomic E-state index is 12.4. The molecule has 3 heterocycles. The van der Waals surface area contributed by atoms with Crippen molar-refractivity contribution in [3.05, 3.63) is 89.5 Å². The SMILES string of the molecule is O=C(Nc1ccc(C(=O)Nc2cnn(Cc3ccccc3)c2)s1)c1ccco1. The predicted molar refractivity (Wildman–Crippen MR) is 107 cm³/mol. The van der Waals surface area contributed by atoms with Crippen LogP contribution in [0.2, 0.25) is 0 Å². The third-order valence-electron chi connectivity index (χ3n) is 3.89. The quantitative estimate of drug-likeness (QED) is 0.517. The van der Waals surface area contributed by atoms with Crippen LogP contribution >= 0.6 is 11.3 Å². The molecule has 8 heteroatoms. The number of rotatable bonds is 6. The number of hydrogen-bond acceptors (Lipinski definition) is 5. The van der Waals surface area contributed by atoms with Crippen molar-refractivity contribution in [1.29, 1.82) is 0 Å². The molecule has 7 nitrogen and oxygen atoms in total. The molecule has 4 aromatic rings. The van der Waals surface area contributed by atoms with Gasteiger partial charge >= 0.3 is 0 Å². The molecule has 0 spiro atoms. The van der Waals surface area contributed by atoms with Crippen molar-refractivity contribution in [1.82, 2.24) is 9.78 Å². The van der Waals surface area contributed by atoms with Crippen LogP contribution in [0.15, 0.2) is 77.7 Å². The van der Waals surface area contributed by atoms with Gasteiger partial charge in [-0.1, -0.05) is 30.3 Å². The zero-order valence-electron chi connectivity index (χ0n) is 14.7. The molecule has 0 aliphatic rings. The molecule has 0 unspecified atom stereocenters. The number of benzene rings is 1. The van der Waals surface area contributed by atoms with E-state index in [0.717, 1.165) is 5.56 Å². The maximum absolute atomic E-state index is 12.4. The van der Waals surface area contributed by atoms with Crippen LogP contribution in [0, 0.1) is 0 Å². The number of furan rings is 1. The van der Waals surface area contributed by atoms with Crippen LogP contribution in [0.5, 0.6) is 0 Å². The van der Waals surface area contributed by atoms with E-state index in [2.05, 4.69) is 15.7 Å². The van der Waals surface area contributed by atoms with Gasteiger partial charge in [0.1, 0.15) is 0 Å². The van der Waals surface area contributed by atoms with Crippen LogP contribution in [0.1, 0.15) is 25.8 Å². The van der Waals surface area contributed by atoms with Gasteiger partial charge < -0.3 is 15.1 Å². The van der Waals surface area contributed by atoms with Crippen LogP contribution < -0.4 is 10.6 Å². The van der Waals surface area contributed by atoms with Crippen LogP contribution in [-0.2, 0) is 6.54 Å². The van der Waals surface area contributed by atoms with Crippen LogP contribution in [0.3, 0.4) is 0 Å². The Morgan fingerprint density at radius 3 is 2.64 bits per heavy atom. The summed E-state index contributed by atoms with van der Waals surface area (Å²) < 4.78 is 6.81. The molecule has 0 atom stereocenters. The monoisotopic (exact) mass is 392 g/mol. The summed E-state index contributed by atoms with van der Waals surface area (Å²) in [5.74, 6) is -0.408. The van der Waals surface area contributed by atoms with Gasteiger partial charge in [-0.2, -0.15) is 5.10 Å². The maximum Gasteiger partial charge on any atom is 0.291 e. The molecular weight excluding hydrogens is 376 g/mol. The van der Waals surface area contributed by atoms with Gasteiger partial charge in [-0.15, -0.1) is 11.3 Å². The van der Waals surface area contributed by atoms with E-state index in [4.69, 9.17) is 4.42 Å². The van der Waals surface area contributed by atoms with E-state index in [1.807, 2.05) is 30.3 Å². The van der Waals surface area contributed by atoms with Gasteiger partial charge in [0.05, 0.1) is 34.6 Å². The molecule has 1 aromatic carbocycles. The molecule has 0 bridgehead atoms. The van der Waals surface area contributed by atoms with E-state index in [1.54, 1.807) is 41.3 Å². The highest BCUT2D eigenvalue weighted by molar-refractivity contribution is 7.18. The summed E-state index contributed by atoms with van der Waals surface area (Å²) in [6.45, 7) is 0.624. The number of carbonyl (C=O) groups is 2. The largest absolute Gasteiger partial charge is 0.459 e. The predicted octanol–water partition coefficient (Wildman–Crippen LogP) is 4.09. The standard InChI is InChI=1S/C20H16N4O3S/c25-19(16-7-4-10-27-16)23-18-9-8-17(28-18)20(26)22-15-11-21-24(13-15)12-14-5-2-1-3-6-14/h1-11,13H,12H2,(H,22,26)(H,23,25). The highest BCUT2D eigenvalue weighted by atomic mass is 32.1. The molecule has 0 saturated heterocycles. The first-order valence-electron chi connectivity index (χ1n) is 8.50. The molecule has 140 valence electrons. The second-order valence-electron chi connectivity index (χ2n) is 5.96. The number of aromatic nitrogens is 2. The molecule has 4 rings (SSSR count). The Morgan fingerprint density at radius 2 is 1.86 bits per heavy atom. The summed E-state index contributed by atoms with van der Waals surface area (Å²) in [6, 6.07) is 16.5. The van der Waals surface area contributed by atoms with Crippen molar-refractivity contribution in [2.75, 3.05) is 10.6 Å². The summed E-state index contributed by atoms with van der Waals surface area (Å²) in [6.07, 6.45) is 4.81. The molecule has 0 fully saturated rings. The Morgan fingerprint density at radius 1 is 1.00 bits per heavy atom. The molecule has 0 aliphatic carbocycles. The first-order chi connectivity index (χ1) is 13.7. The van der Waals surface area contributed by atoms with E-state index in [-0.39, 0.29) is 17.6 Å². The van der Waals surface area contributed by atoms with Crippen molar-refractivity contribution < 1.29 is 14.0 Å². The van der Waals surface area contributed by atoms with Crippen molar-refractivity contribution in [3.8, 4) is 0 Å². The number of amides is 2. The Labute approximate surface area is 164 Å². The molecule has 3 aromatic heterocycles. The van der Waals surface area contributed by atoms with E-state index in [0.29, 0.717) is 22.1 Å². The minimum absolute atomic E-state index is 0.213. The second-order valence-corrected chi connectivity index (χ2v) is 7.05. The smallest absolute Gasteiger partial charge is 0.291 e. The van der Waals surface area contributed by atoms with Crippen molar-refractivity contribution in [2.45, 2.75) is 6.54 Å². The summed E-state index contributed by atoms with van der Waals surface area (Å²) in [4.78, 5) is 24.9. The summed E-state index contributed by atoms with van der Waals surface area (Å²) in [7, 11) is 0. The Hall–Kier alpha value is -3.65. The van der Waals surface area contributed by atoms with E-state index >= 15 is 0 Å².